The number of halogens is 1. The lowest BCUT2D eigenvalue weighted by Crippen LogP contribution is -2.04. The largest absolute Gasteiger partial charge is 0.400 e. The second kappa shape index (κ2) is 6.43. The van der Waals surface area contributed by atoms with E-state index >= 15 is 0 Å². The Kier molecular flexibility index (Phi) is 5.19. The molecule has 2 aromatic rings. The average molecular weight is 239 g/mol. The molecule has 2 N–H and O–H groups in total. The minimum atomic E-state index is 0.541. The zero-order valence-corrected chi connectivity index (χ0v) is 10.1. The number of nitrogens with zero attached hydrogens (tertiary/aromatic N) is 1. The van der Waals surface area contributed by atoms with Crippen LogP contribution in [0.1, 0.15) is 5.56 Å². The molecule has 86 valence electrons. The van der Waals surface area contributed by atoms with Gasteiger partial charge in [0.1, 0.15) is 5.15 Å². The zero-order chi connectivity index (χ0) is 12.0. The third kappa shape index (κ3) is 3.17. The predicted molar refractivity (Wildman–Crippen MR) is 67.7 cm³/mol. The first kappa shape index (κ1) is 12.9. The zero-order valence-electron chi connectivity index (χ0n) is 9.37. The van der Waals surface area contributed by atoms with Crippen molar-refractivity contribution < 1.29 is 5.11 Å². The van der Waals surface area contributed by atoms with Crippen LogP contribution in [0.4, 0.5) is 0 Å². The maximum absolute atomic E-state index is 7.00. The molecule has 4 heteroatoms. The molecule has 3 nitrogen and oxygen atoms in total. The molecule has 0 aliphatic carbocycles. The molecule has 0 unspecified atom stereocenters. The Labute approximate surface area is 100 Å². The van der Waals surface area contributed by atoms with Gasteiger partial charge in [0.25, 0.3) is 0 Å². The summed E-state index contributed by atoms with van der Waals surface area (Å²) in [7, 11) is 2.93. The van der Waals surface area contributed by atoms with E-state index in [2.05, 4.69) is 28.5 Å². The Balaban J connectivity index is 0.000000606. The van der Waals surface area contributed by atoms with Gasteiger partial charge in [0, 0.05) is 19.0 Å². The monoisotopic (exact) mass is 238 g/mol. The van der Waals surface area contributed by atoms with Crippen LogP contribution in [0.2, 0.25) is 5.15 Å². The van der Waals surface area contributed by atoms with Crippen LogP contribution in [0.15, 0.2) is 30.3 Å². The standard InChI is InChI=1S/C11H11ClN2.CH4O/c1-13-7-8-2-3-9-4-5-11(12)14-10(9)6-8;1-2/h2-6,13H,7H2,1H3;2H,1H3. The van der Waals surface area contributed by atoms with Gasteiger partial charge in [-0.05, 0) is 30.8 Å². The molecule has 0 radical (unpaired) electrons. The SMILES string of the molecule is CNCc1ccc2ccc(Cl)nc2c1.CO. The summed E-state index contributed by atoms with van der Waals surface area (Å²) in [6.45, 7) is 0.851. The summed E-state index contributed by atoms with van der Waals surface area (Å²) >= 11 is 5.82. The highest BCUT2D eigenvalue weighted by molar-refractivity contribution is 6.29. The topological polar surface area (TPSA) is 45.2 Å². The van der Waals surface area contributed by atoms with Crippen molar-refractivity contribution in [2.24, 2.45) is 0 Å². The fourth-order valence-electron chi connectivity index (χ4n) is 1.45. The van der Waals surface area contributed by atoms with Crippen molar-refractivity contribution in [3.05, 3.63) is 41.0 Å². The summed E-state index contributed by atoms with van der Waals surface area (Å²) in [4.78, 5) is 4.26. The normalized spacial score (nSPS) is 9.75. The third-order valence-corrected chi connectivity index (χ3v) is 2.31. The van der Waals surface area contributed by atoms with E-state index in [4.69, 9.17) is 16.7 Å². The van der Waals surface area contributed by atoms with Crippen LogP contribution in [-0.2, 0) is 6.54 Å². The molecular weight excluding hydrogens is 224 g/mol. The summed E-state index contributed by atoms with van der Waals surface area (Å²) in [6, 6.07) is 9.99. The first-order valence-electron chi connectivity index (χ1n) is 4.94. The van der Waals surface area contributed by atoms with Crippen LogP contribution in [0, 0.1) is 0 Å². The molecular formula is C12H15ClN2O. The fourth-order valence-corrected chi connectivity index (χ4v) is 1.61. The Hall–Kier alpha value is -1.16. The second-order valence-corrected chi connectivity index (χ2v) is 3.58. The van der Waals surface area contributed by atoms with Gasteiger partial charge in [-0.1, -0.05) is 23.7 Å². The number of pyridine rings is 1. The Bertz CT molecular complexity index is 460. The second-order valence-electron chi connectivity index (χ2n) is 3.19. The van der Waals surface area contributed by atoms with E-state index in [0.717, 1.165) is 24.6 Å². The van der Waals surface area contributed by atoms with Crippen molar-refractivity contribution >= 4 is 22.5 Å². The number of rotatable bonds is 2. The van der Waals surface area contributed by atoms with Crippen molar-refractivity contribution in [1.82, 2.24) is 10.3 Å². The number of aliphatic hydroxyl groups excluding tert-OH is 1. The van der Waals surface area contributed by atoms with Crippen LogP contribution >= 0.6 is 11.6 Å². The molecule has 0 aliphatic rings. The number of fused-ring (bicyclic) bond motifs is 1. The highest BCUT2D eigenvalue weighted by Crippen LogP contribution is 2.16. The minimum absolute atomic E-state index is 0.541. The van der Waals surface area contributed by atoms with Crippen molar-refractivity contribution in [3.8, 4) is 0 Å². The summed E-state index contributed by atoms with van der Waals surface area (Å²) in [5.74, 6) is 0. The van der Waals surface area contributed by atoms with Crippen LogP contribution in [0.25, 0.3) is 10.9 Å². The molecule has 0 saturated heterocycles. The molecule has 1 aromatic carbocycles. The smallest absolute Gasteiger partial charge is 0.129 e. The molecule has 0 fully saturated rings. The average Bonchev–Trinajstić information content (AvgIpc) is 2.31. The lowest BCUT2D eigenvalue weighted by molar-refractivity contribution is 0.399. The van der Waals surface area contributed by atoms with Crippen LogP contribution in [-0.4, -0.2) is 24.2 Å². The van der Waals surface area contributed by atoms with Crippen molar-refractivity contribution in [3.63, 3.8) is 0 Å². The van der Waals surface area contributed by atoms with E-state index in [1.54, 1.807) is 0 Å². The van der Waals surface area contributed by atoms with Crippen molar-refractivity contribution in [2.75, 3.05) is 14.2 Å². The summed E-state index contributed by atoms with van der Waals surface area (Å²) in [5.41, 5.74) is 2.17. The Morgan fingerprint density at radius 3 is 2.62 bits per heavy atom. The van der Waals surface area contributed by atoms with E-state index in [-0.39, 0.29) is 0 Å². The lowest BCUT2D eigenvalue weighted by atomic mass is 10.1. The van der Waals surface area contributed by atoms with Gasteiger partial charge in [-0.3, -0.25) is 0 Å². The molecule has 0 spiro atoms. The molecule has 16 heavy (non-hydrogen) atoms. The molecule has 0 aliphatic heterocycles. The van der Waals surface area contributed by atoms with Gasteiger partial charge >= 0.3 is 0 Å². The third-order valence-electron chi connectivity index (χ3n) is 2.10. The van der Waals surface area contributed by atoms with Gasteiger partial charge in [0.2, 0.25) is 0 Å². The number of hydrogen-bond acceptors (Lipinski definition) is 3. The lowest BCUT2D eigenvalue weighted by Gasteiger charge is -2.02. The van der Waals surface area contributed by atoms with Crippen LogP contribution in [0.5, 0.6) is 0 Å². The predicted octanol–water partition coefficient (Wildman–Crippen LogP) is 2.22. The van der Waals surface area contributed by atoms with Crippen molar-refractivity contribution in [2.45, 2.75) is 6.54 Å². The molecule has 2 rings (SSSR count). The van der Waals surface area contributed by atoms with Gasteiger partial charge in [-0.15, -0.1) is 0 Å². The van der Waals surface area contributed by atoms with Crippen molar-refractivity contribution in [1.29, 1.82) is 0 Å². The Morgan fingerprint density at radius 1 is 1.25 bits per heavy atom. The highest BCUT2D eigenvalue weighted by atomic mass is 35.5. The molecule has 1 heterocycles. The van der Waals surface area contributed by atoms with Crippen LogP contribution < -0.4 is 5.32 Å². The number of hydrogen-bond donors (Lipinski definition) is 2. The number of aromatic nitrogens is 1. The van der Waals surface area contributed by atoms with Gasteiger partial charge < -0.3 is 10.4 Å². The maximum atomic E-state index is 7.00. The quantitative estimate of drug-likeness (QED) is 0.789. The highest BCUT2D eigenvalue weighted by Gasteiger charge is 1.97. The minimum Gasteiger partial charge on any atom is -0.400 e. The van der Waals surface area contributed by atoms with E-state index < -0.39 is 0 Å². The number of aliphatic hydroxyl groups is 1. The first-order valence-corrected chi connectivity index (χ1v) is 5.32. The summed E-state index contributed by atoms with van der Waals surface area (Å²) < 4.78 is 0. The molecule has 0 atom stereocenters. The summed E-state index contributed by atoms with van der Waals surface area (Å²) in [5, 5.41) is 11.8. The van der Waals surface area contributed by atoms with E-state index in [1.165, 1.54) is 5.56 Å². The number of benzene rings is 1. The van der Waals surface area contributed by atoms with Gasteiger partial charge in [0.05, 0.1) is 5.52 Å². The molecule has 0 amide bonds. The van der Waals surface area contributed by atoms with E-state index in [0.29, 0.717) is 5.15 Å². The first-order chi connectivity index (χ1) is 7.79. The number of nitrogens with one attached hydrogen (secondary N) is 1. The molecule has 0 bridgehead atoms. The maximum Gasteiger partial charge on any atom is 0.129 e. The van der Waals surface area contributed by atoms with E-state index in [9.17, 15) is 0 Å². The van der Waals surface area contributed by atoms with Crippen LogP contribution in [0.3, 0.4) is 0 Å². The molecule has 1 aromatic heterocycles. The summed E-state index contributed by atoms with van der Waals surface area (Å²) in [6.07, 6.45) is 0. The van der Waals surface area contributed by atoms with Gasteiger partial charge in [-0.2, -0.15) is 0 Å². The fraction of sp³-hybridized carbons (Fsp3) is 0.250. The molecule has 0 saturated carbocycles. The van der Waals surface area contributed by atoms with Gasteiger partial charge in [0.15, 0.2) is 0 Å². The Morgan fingerprint density at radius 2 is 1.94 bits per heavy atom. The van der Waals surface area contributed by atoms with Gasteiger partial charge in [-0.25, -0.2) is 4.98 Å². The van der Waals surface area contributed by atoms with E-state index in [1.807, 2.05) is 19.2 Å².